The number of morpholine rings is 1. The third kappa shape index (κ3) is 3.05. The molecule has 1 N–H and O–H groups in total. The van der Waals surface area contributed by atoms with Crippen molar-refractivity contribution in [2.24, 2.45) is 0 Å². The number of rotatable bonds is 4. The first kappa shape index (κ1) is 17.8. The Morgan fingerprint density at radius 2 is 2.00 bits per heavy atom. The molecule has 0 radical (unpaired) electrons. The monoisotopic (exact) mass is 411 g/mol. The molecular formula is C21H25N5O2S. The van der Waals surface area contributed by atoms with Crippen LogP contribution in [-0.2, 0) is 22.3 Å². The molecule has 0 spiro atoms. The van der Waals surface area contributed by atoms with Crippen molar-refractivity contribution in [1.82, 2.24) is 15.0 Å². The second-order valence-corrected chi connectivity index (χ2v) is 9.04. The highest BCUT2D eigenvalue weighted by molar-refractivity contribution is 7.26. The molecule has 0 bridgehead atoms. The quantitative estimate of drug-likeness (QED) is 0.707. The Bertz CT molecular complexity index is 1060. The Labute approximate surface area is 173 Å². The summed E-state index contributed by atoms with van der Waals surface area (Å²) in [6.45, 7) is 5.07. The predicted octanol–water partition coefficient (Wildman–Crippen LogP) is 3.16. The summed E-state index contributed by atoms with van der Waals surface area (Å²) < 4.78 is 12.4. The van der Waals surface area contributed by atoms with Crippen LogP contribution >= 0.6 is 11.3 Å². The molecule has 3 aromatic rings. The number of anilines is 2. The van der Waals surface area contributed by atoms with Gasteiger partial charge in [0.2, 0.25) is 0 Å². The summed E-state index contributed by atoms with van der Waals surface area (Å²) >= 11 is 1.72. The molecule has 2 fully saturated rings. The minimum Gasteiger partial charge on any atom is -0.378 e. The molecule has 0 aromatic carbocycles. The van der Waals surface area contributed by atoms with Crippen LogP contribution in [-0.4, -0.2) is 60.5 Å². The normalized spacial score (nSPS) is 21.9. The number of thiophene rings is 1. The molecule has 152 valence electrons. The third-order valence-corrected chi connectivity index (χ3v) is 7.36. The van der Waals surface area contributed by atoms with Gasteiger partial charge in [-0.05, 0) is 43.2 Å². The molecule has 1 aliphatic carbocycles. The number of nitrogens with one attached hydrogen (secondary N) is 1. The van der Waals surface area contributed by atoms with Gasteiger partial charge in [-0.2, -0.15) is 0 Å². The van der Waals surface area contributed by atoms with Gasteiger partial charge in [0.25, 0.3) is 0 Å². The van der Waals surface area contributed by atoms with Gasteiger partial charge in [0, 0.05) is 31.6 Å². The van der Waals surface area contributed by atoms with Gasteiger partial charge in [-0.3, -0.25) is 0 Å². The van der Waals surface area contributed by atoms with E-state index in [-0.39, 0.29) is 6.10 Å². The average Bonchev–Trinajstić information content (AvgIpc) is 3.51. The lowest BCUT2D eigenvalue weighted by atomic mass is 10.1. The summed E-state index contributed by atoms with van der Waals surface area (Å²) in [5, 5.41) is 4.76. The van der Waals surface area contributed by atoms with Gasteiger partial charge < -0.3 is 19.7 Å². The molecule has 1 atom stereocenters. The maximum Gasteiger partial charge on any atom is 0.147 e. The van der Waals surface area contributed by atoms with Gasteiger partial charge in [-0.25, -0.2) is 15.0 Å². The smallest absolute Gasteiger partial charge is 0.147 e. The topological polar surface area (TPSA) is 72.4 Å². The first-order valence-corrected chi connectivity index (χ1v) is 11.5. The predicted molar refractivity (Wildman–Crippen MR) is 115 cm³/mol. The van der Waals surface area contributed by atoms with E-state index >= 15 is 0 Å². The van der Waals surface area contributed by atoms with E-state index in [1.807, 2.05) is 0 Å². The first-order chi connectivity index (χ1) is 14.4. The lowest BCUT2D eigenvalue weighted by Crippen LogP contribution is -2.37. The first-order valence-electron chi connectivity index (χ1n) is 10.7. The molecule has 5 heterocycles. The third-order valence-electron chi connectivity index (χ3n) is 6.28. The van der Waals surface area contributed by atoms with E-state index in [1.54, 1.807) is 17.7 Å². The van der Waals surface area contributed by atoms with E-state index in [2.05, 4.69) is 20.2 Å². The fraction of sp³-hybridized carbons (Fsp3) is 0.571. The fourth-order valence-electron chi connectivity index (χ4n) is 4.86. The number of fused-ring (bicyclic) bond motifs is 5. The van der Waals surface area contributed by atoms with Crippen molar-refractivity contribution in [3.8, 4) is 0 Å². The number of aryl methyl sites for hydroxylation is 1. The van der Waals surface area contributed by atoms with Crippen molar-refractivity contribution < 1.29 is 9.47 Å². The molecule has 3 aliphatic rings. The van der Waals surface area contributed by atoms with E-state index in [0.29, 0.717) is 0 Å². The van der Waals surface area contributed by atoms with Crippen LogP contribution in [0.5, 0.6) is 0 Å². The number of ether oxygens (including phenoxy) is 2. The van der Waals surface area contributed by atoms with Crippen molar-refractivity contribution >= 4 is 43.4 Å². The SMILES string of the molecule is c1nc(NC[C@H]2CCCO2)c2sc3nc(N4CCOCC4)c4c(c3c2n1)CCC4. The minimum atomic E-state index is 0.282. The van der Waals surface area contributed by atoms with Gasteiger partial charge in [0.15, 0.2) is 0 Å². The minimum absolute atomic E-state index is 0.282. The molecule has 2 aliphatic heterocycles. The largest absolute Gasteiger partial charge is 0.378 e. The Balaban J connectivity index is 1.45. The molecule has 3 aromatic heterocycles. The molecule has 29 heavy (non-hydrogen) atoms. The average molecular weight is 412 g/mol. The van der Waals surface area contributed by atoms with Crippen LogP contribution in [0.3, 0.4) is 0 Å². The van der Waals surface area contributed by atoms with Crippen molar-refractivity contribution in [2.75, 3.05) is 49.7 Å². The Morgan fingerprint density at radius 1 is 1.10 bits per heavy atom. The van der Waals surface area contributed by atoms with Crippen molar-refractivity contribution in [1.29, 1.82) is 0 Å². The lowest BCUT2D eigenvalue weighted by molar-refractivity contribution is 0.120. The number of hydrogen-bond donors (Lipinski definition) is 1. The van der Waals surface area contributed by atoms with Gasteiger partial charge >= 0.3 is 0 Å². The molecule has 0 unspecified atom stereocenters. The van der Waals surface area contributed by atoms with Gasteiger partial charge in [-0.1, -0.05) is 0 Å². The Morgan fingerprint density at radius 3 is 2.86 bits per heavy atom. The second kappa shape index (κ2) is 7.34. The van der Waals surface area contributed by atoms with E-state index in [1.165, 1.54) is 28.8 Å². The van der Waals surface area contributed by atoms with Crippen LogP contribution in [0, 0.1) is 0 Å². The molecule has 7 nitrogen and oxygen atoms in total. The number of nitrogens with zero attached hydrogens (tertiary/aromatic N) is 4. The summed E-state index contributed by atoms with van der Waals surface area (Å²) in [6.07, 6.45) is 7.64. The Hall–Kier alpha value is -2.03. The highest BCUT2D eigenvalue weighted by atomic mass is 32.1. The van der Waals surface area contributed by atoms with Gasteiger partial charge in [0.1, 0.15) is 22.8 Å². The summed E-state index contributed by atoms with van der Waals surface area (Å²) in [4.78, 5) is 17.9. The zero-order chi connectivity index (χ0) is 19.2. The van der Waals surface area contributed by atoms with E-state index in [9.17, 15) is 0 Å². The molecule has 0 saturated carbocycles. The van der Waals surface area contributed by atoms with Crippen LogP contribution in [0.15, 0.2) is 6.33 Å². The van der Waals surface area contributed by atoms with Crippen LogP contribution in [0.25, 0.3) is 20.4 Å². The highest BCUT2D eigenvalue weighted by Gasteiger charge is 2.27. The van der Waals surface area contributed by atoms with Gasteiger partial charge in [-0.15, -0.1) is 11.3 Å². The molecular weight excluding hydrogens is 386 g/mol. The van der Waals surface area contributed by atoms with Crippen LogP contribution in [0.1, 0.15) is 30.4 Å². The van der Waals surface area contributed by atoms with E-state index < -0.39 is 0 Å². The maximum atomic E-state index is 5.76. The summed E-state index contributed by atoms with van der Waals surface area (Å²) in [6, 6.07) is 0. The summed E-state index contributed by atoms with van der Waals surface area (Å²) in [5.74, 6) is 2.08. The van der Waals surface area contributed by atoms with Gasteiger partial charge in [0.05, 0.1) is 29.5 Å². The summed E-state index contributed by atoms with van der Waals surface area (Å²) in [5.41, 5.74) is 3.92. The standard InChI is InChI=1S/C21H25N5O2S/c1-4-14-15(5-1)20(26-6-9-27-10-7-26)25-21-16(14)17-18(29-21)19(24-12-23-17)22-11-13-3-2-8-28-13/h12-13H,1-11H2,(H,22,23,24)/t13-/m1/s1. The van der Waals surface area contributed by atoms with Crippen LogP contribution in [0.4, 0.5) is 11.6 Å². The lowest BCUT2D eigenvalue weighted by Gasteiger charge is -2.29. The number of pyridine rings is 1. The Kier molecular flexibility index (Phi) is 4.50. The molecule has 6 rings (SSSR count). The van der Waals surface area contributed by atoms with E-state index in [4.69, 9.17) is 14.5 Å². The second-order valence-electron chi connectivity index (χ2n) is 8.04. The zero-order valence-electron chi connectivity index (χ0n) is 16.4. The van der Waals surface area contributed by atoms with E-state index in [0.717, 1.165) is 86.0 Å². The molecule has 0 amide bonds. The maximum absolute atomic E-state index is 5.76. The van der Waals surface area contributed by atoms with Crippen LogP contribution in [0.2, 0.25) is 0 Å². The molecule has 8 heteroatoms. The number of hydrogen-bond acceptors (Lipinski definition) is 8. The fourth-order valence-corrected chi connectivity index (χ4v) is 5.98. The number of aromatic nitrogens is 3. The molecule has 2 saturated heterocycles. The zero-order valence-corrected chi connectivity index (χ0v) is 17.3. The highest BCUT2D eigenvalue weighted by Crippen LogP contribution is 2.43. The van der Waals surface area contributed by atoms with Crippen molar-refractivity contribution in [3.05, 3.63) is 17.5 Å². The summed E-state index contributed by atoms with van der Waals surface area (Å²) in [7, 11) is 0. The van der Waals surface area contributed by atoms with Crippen molar-refractivity contribution in [2.45, 2.75) is 38.2 Å². The van der Waals surface area contributed by atoms with Crippen molar-refractivity contribution in [3.63, 3.8) is 0 Å². The van der Waals surface area contributed by atoms with Crippen LogP contribution < -0.4 is 10.2 Å².